The fourth-order valence-electron chi connectivity index (χ4n) is 4.70. The molecule has 0 radical (unpaired) electrons. The number of hydrogen-bond donors (Lipinski definition) is 0. The molecule has 0 spiro atoms. The van der Waals surface area contributed by atoms with E-state index in [2.05, 4.69) is 6.07 Å². The number of ether oxygens (including phenoxy) is 3. The molecule has 4 aromatic rings. The second-order valence-corrected chi connectivity index (χ2v) is 10.3. The standard InChI is InChI=1S/C30H24ClN3O5S/c1-4-39-26(35)10-5-18-13-22-27(33-29(18)40-20-8-6-19(31)7-9-20)23(16-32)28-21-15-25(38-3)24(37-2)14-17(21)11-12-34(28)30(22)36/h5-10,13-15H,4,11-12H2,1-3H3/b10-5+. The van der Waals surface area contributed by atoms with Crippen LogP contribution in [-0.4, -0.2) is 36.3 Å². The summed E-state index contributed by atoms with van der Waals surface area (Å²) in [4.78, 5) is 31.6. The highest BCUT2D eigenvalue weighted by Crippen LogP contribution is 2.41. The van der Waals surface area contributed by atoms with E-state index in [0.29, 0.717) is 45.8 Å². The van der Waals surface area contributed by atoms with Crippen LogP contribution >= 0.6 is 23.4 Å². The Morgan fingerprint density at radius 3 is 2.58 bits per heavy atom. The number of carbonyl (C=O) groups is 1. The van der Waals surface area contributed by atoms with Crippen molar-refractivity contribution in [3.63, 3.8) is 0 Å². The zero-order valence-electron chi connectivity index (χ0n) is 22.0. The summed E-state index contributed by atoms with van der Waals surface area (Å²) < 4.78 is 17.6. The fourth-order valence-corrected chi connectivity index (χ4v) is 5.71. The van der Waals surface area contributed by atoms with Gasteiger partial charge < -0.3 is 18.8 Å². The largest absolute Gasteiger partial charge is 0.493 e. The van der Waals surface area contributed by atoms with Crippen molar-refractivity contribution in [1.82, 2.24) is 9.55 Å². The number of carbonyl (C=O) groups excluding carboxylic acids is 1. The molecule has 1 aliphatic rings. The molecular weight excluding hydrogens is 550 g/mol. The van der Waals surface area contributed by atoms with Crippen molar-refractivity contribution in [2.75, 3.05) is 20.8 Å². The molecule has 2 aromatic carbocycles. The van der Waals surface area contributed by atoms with Gasteiger partial charge in [-0.05, 0) is 67.4 Å². The van der Waals surface area contributed by atoms with Crippen molar-refractivity contribution >= 4 is 46.3 Å². The number of pyridine rings is 2. The number of halogens is 1. The van der Waals surface area contributed by atoms with Crippen molar-refractivity contribution in [3.05, 3.63) is 80.6 Å². The minimum absolute atomic E-state index is 0.239. The van der Waals surface area contributed by atoms with E-state index in [1.807, 2.05) is 18.2 Å². The predicted octanol–water partition coefficient (Wildman–Crippen LogP) is 5.89. The smallest absolute Gasteiger partial charge is 0.330 e. The second-order valence-electron chi connectivity index (χ2n) is 8.83. The molecule has 0 aliphatic carbocycles. The van der Waals surface area contributed by atoms with Crippen molar-refractivity contribution in [2.24, 2.45) is 0 Å². The third-order valence-corrected chi connectivity index (χ3v) is 7.81. The maximum atomic E-state index is 13.8. The highest BCUT2D eigenvalue weighted by molar-refractivity contribution is 7.99. The number of aromatic nitrogens is 2. The van der Waals surface area contributed by atoms with Crippen LogP contribution in [0, 0.1) is 11.3 Å². The third kappa shape index (κ3) is 5.04. The lowest BCUT2D eigenvalue weighted by molar-refractivity contribution is -0.137. The molecule has 0 amide bonds. The fraction of sp³-hybridized carbons (Fsp3) is 0.200. The average molecular weight is 574 g/mol. The molecule has 1 aliphatic heterocycles. The molecule has 5 rings (SSSR count). The third-order valence-electron chi connectivity index (χ3n) is 6.53. The molecule has 8 nitrogen and oxygen atoms in total. The number of benzene rings is 2. The van der Waals surface area contributed by atoms with Gasteiger partial charge in [-0.1, -0.05) is 23.4 Å². The van der Waals surface area contributed by atoms with Crippen molar-refractivity contribution < 1.29 is 19.0 Å². The number of rotatable bonds is 7. The van der Waals surface area contributed by atoms with Crippen LogP contribution in [0.1, 0.15) is 23.6 Å². The lowest BCUT2D eigenvalue weighted by Gasteiger charge is -2.25. The molecular formula is C30H24ClN3O5S. The molecule has 10 heteroatoms. The summed E-state index contributed by atoms with van der Waals surface area (Å²) in [5.41, 5.74) is 2.99. The van der Waals surface area contributed by atoms with Gasteiger partial charge in [-0.2, -0.15) is 5.26 Å². The van der Waals surface area contributed by atoms with Gasteiger partial charge in [0.25, 0.3) is 5.56 Å². The maximum absolute atomic E-state index is 13.8. The zero-order valence-corrected chi connectivity index (χ0v) is 23.6. The summed E-state index contributed by atoms with van der Waals surface area (Å²) >= 11 is 7.40. The summed E-state index contributed by atoms with van der Waals surface area (Å²) in [6.45, 7) is 2.35. The van der Waals surface area contributed by atoms with E-state index < -0.39 is 5.97 Å². The molecule has 40 heavy (non-hydrogen) atoms. The number of fused-ring (bicyclic) bond motifs is 4. The second kappa shape index (κ2) is 11.5. The van der Waals surface area contributed by atoms with E-state index in [4.69, 9.17) is 30.8 Å². The van der Waals surface area contributed by atoms with E-state index in [-0.39, 0.29) is 28.6 Å². The minimum atomic E-state index is -0.508. The molecule has 0 atom stereocenters. The van der Waals surface area contributed by atoms with Gasteiger partial charge >= 0.3 is 5.97 Å². The SMILES string of the molecule is CCOC(=O)/C=C/c1cc2c(=O)n3c(c(C#N)c2nc1Sc1ccc(Cl)cc1)-c1cc(OC)c(OC)cc1CC3. The first-order valence-corrected chi connectivity index (χ1v) is 13.6. The van der Waals surface area contributed by atoms with Crippen LogP contribution in [0.5, 0.6) is 11.5 Å². The van der Waals surface area contributed by atoms with Gasteiger partial charge in [-0.25, -0.2) is 9.78 Å². The van der Waals surface area contributed by atoms with Crippen LogP contribution in [0.25, 0.3) is 28.2 Å². The van der Waals surface area contributed by atoms with Gasteiger partial charge in [-0.3, -0.25) is 4.79 Å². The van der Waals surface area contributed by atoms with E-state index in [1.165, 1.54) is 17.8 Å². The first-order valence-electron chi connectivity index (χ1n) is 12.4. The van der Waals surface area contributed by atoms with E-state index in [1.54, 1.807) is 56.1 Å². The van der Waals surface area contributed by atoms with Gasteiger partial charge in [0.1, 0.15) is 16.7 Å². The van der Waals surface area contributed by atoms with Gasteiger partial charge in [0.2, 0.25) is 0 Å². The van der Waals surface area contributed by atoms with Crippen molar-refractivity contribution in [3.8, 4) is 28.8 Å². The number of nitriles is 1. The summed E-state index contributed by atoms with van der Waals surface area (Å²) in [5.74, 6) is 0.567. The van der Waals surface area contributed by atoms with Gasteiger partial charge in [0, 0.05) is 33.7 Å². The maximum Gasteiger partial charge on any atom is 0.330 e. The van der Waals surface area contributed by atoms with Crippen LogP contribution in [0.4, 0.5) is 0 Å². The first kappa shape index (κ1) is 27.3. The quantitative estimate of drug-likeness (QED) is 0.199. The molecule has 0 fully saturated rings. The van der Waals surface area contributed by atoms with Crippen LogP contribution in [0.3, 0.4) is 0 Å². The number of esters is 1. The van der Waals surface area contributed by atoms with Crippen LogP contribution in [-0.2, 0) is 22.5 Å². The molecule has 0 N–H and O–H groups in total. The van der Waals surface area contributed by atoms with Crippen LogP contribution in [0.2, 0.25) is 5.02 Å². The molecule has 0 unspecified atom stereocenters. The molecule has 0 bridgehead atoms. The normalized spacial score (nSPS) is 12.1. The van der Waals surface area contributed by atoms with Crippen LogP contribution in [0.15, 0.2) is 63.3 Å². The number of nitrogens with zero attached hydrogens (tertiary/aromatic N) is 3. The van der Waals surface area contributed by atoms with Gasteiger partial charge in [0.15, 0.2) is 11.5 Å². The lowest BCUT2D eigenvalue weighted by atomic mass is 9.92. The zero-order chi connectivity index (χ0) is 28.4. The summed E-state index contributed by atoms with van der Waals surface area (Å²) in [7, 11) is 3.11. The molecule has 2 aromatic heterocycles. The molecule has 3 heterocycles. The minimum Gasteiger partial charge on any atom is -0.493 e. The van der Waals surface area contributed by atoms with Crippen molar-refractivity contribution in [1.29, 1.82) is 5.26 Å². The Morgan fingerprint density at radius 1 is 1.18 bits per heavy atom. The Labute approximate surface area is 239 Å². The van der Waals surface area contributed by atoms with E-state index >= 15 is 0 Å². The Morgan fingerprint density at radius 2 is 1.90 bits per heavy atom. The summed E-state index contributed by atoms with van der Waals surface area (Å²) in [6, 6.07) is 14.9. The molecule has 0 saturated carbocycles. The number of aryl methyl sites for hydroxylation is 1. The molecule has 202 valence electrons. The highest BCUT2D eigenvalue weighted by Gasteiger charge is 2.27. The number of hydrogen-bond acceptors (Lipinski definition) is 8. The average Bonchev–Trinajstić information content (AvgIpc) is 2.97. The topological polar surface area (TPSA) is 103 Å². The Kier molecular flexibility index (Phi) is 7.83. The van der Waals surface area contributed by atoms with Crippen LogP contribution < -0.4 is 15.0 Å². The van der Waals surface area contributed by atoms with Crippen molar-refractivity contribution in [2.45, 2.75) is 29.8 Å². The summed E-state index contributed by atoms with van der Waals surface area (Å²) in [6.07, 6.45) is 3.45. The Hall–Kier alpha value is -4.26. The summed E-state index contributed by atoms with van der Waals surface area (Å²) in [5, 5.41) is 11.8. The van der Waals surface area contributed by atoms with E-state index in [0.717, 1.165) is 16.0 Å². The predicted molar refractivity (Wildman–Crippen MR) is 154 cm³/mol. The monoisotopic (exact) mass is 573 g/mol. The first-order chi connectivity index (χ1) is 19.4. The van der Waals surface area contributed by atoms with Gasteiger partial charge in [0.05, 0.1) is 37.4 Å². The lowest BCUT2D eigenvalue weighted by Crippen LogP contribution is -2.28. The Balaban J connectivity index is 1.77. The number of methoxy groups -OCH3 is 2. The highest BCUT2D eigenvalue weighted by atomic mass is 35.5. The Bertz CT molecular complexity index is 1770. The van der Waals surface area contributed by atoms with E-state index in [9.17, 15) is 14.9 Å². The van der Waals surface area contributed by atoms with Gasteiger partial charge in [-0.15, -0.1) is 0 Å². The molecule has 0 saturated heterocycles.